The van der Waals surface area contributed by atoms with Gasteiger partial charge in [-0.1, -0.05) is 11.6 Å². The molecule has 4 nitrogen and oxygen atoms in total. The monoisotopic (exact) mass is 323 g/mol. The smallest absolute Gasteiger partial charge is 0.232 e. The van der Waals surface area contributed by atoms with Crippen LogP contribution in [0.5, 0.6) is 11.6 Å². The highest BCUT2D eigenvalue weighted by Crippen LogP contribution is 2.32. The highest BCUT2D eigenvalue weighted by atomic mass is 35.5. The summed E-state index contributed by atoms with van der Waals surface area (Å²) in [5.74, 6) is 0.853. The van der Waals surface area contributed by atoms with Crippen LogP contribution in [0.15, 0.2) is 29.6 Å². The predicted octanol–water partition coefficient (Wildman–Crippen LogP) is 4.71. The maximum atomic E-state index is 13.2. The van der Waals surface area contributed by atoms with Gasteiger partial charge in [0.05, 0.1) is 10.4 Å². The summed E-state index contributed by atoms with van der Waals surface area (Å²) in [4.78, 5) is 9.55. The summed E-state index contributed by atoms with van der Waals surface area (Å²) in [7, 11) is 0. The molecule has 2 heterocycles. The van der Waals surface area contributed by atoms with Crippen LogP contribution in [-0.2, 0) is 0 Å². The van der Waals surface area contributed by atoms with Crippen molar-refractivity contribution in [2.75, 3.05) is 11.9 Å². The molecule has 0 atom stereocenters. The molecule has 0 aliphatic rings. The number of ether oxygens (including phenoxy) is 1. The molecular formula is C14H11ClFN3OS. The number of halogens is 2. The zero-order chi connectivity index (χ0) is 14.8. The normalized spacial score (nSPS) is 10.8. The number of benzene rings is 1. The Kier molecular flexibility index (Phi) is 3.90. The van der Waals surface area contributed by atoms with Crippen molar-refractivity contribution in [1.82, 2.24) is 9.97 Å². The Bertz CT molecular complexity index is 793. The number of fused-ring (bicyclic) bond motifs is 1. The fourth-order valence-electron chi connectivity index (χ4n) is 1.80. The van der Waals surface area contributed by atoms with E-state index in [4.69, 9.17) is 16.3 Å². The minimum Gasteiger partial charge on any atom is -0.438 e. The lowest BCUT2D eigenvalue weighted by molar-refractivity contribution is 0.467. The van der Waals surface area contributed by atoms with Crippen molar-refractivity contribution in [3.63, 3.8) is 0 Å². The average molecular weight is 324 g/mol. The Morgan fingerprint density at radius 3 is 2.95 bits per heavy atom. The fraction of sp³-hybridized carbons (Fsp3) is 0.143. The van der Waals surface area contributed by atoms with Gasteiger partial charge in [-0.15, -0.1) is 11.3 Å². The maximum absolute atomic E-state index is 13.2. The third kappa shape index (κ3) is 2.91. The van der Waals surface area contributed by atoms with Crippen LogP contribution in [0.3, 0.4) is 0 Å². The molecule has 2 aromatic heterocycles. The Hall–Kier alpha value is -1.92. The van der Waals surface area contributed by atoms with Gasteiger partial charge in [0.15, 0.2) is 0 Å². The first kappa shape index (κ1) is 14.0. The molecule has 7 heteroatoms. The number of anilines is 1. The van der Waals surface area contributed by atoms with Crippen LogP contribution in [0.25, 0.3) is 10.2 Å². The van der Waals surface area contributed by atoms with Gasteiger partial charge in [-0.25, -0.2) is 9.37 Å². The van der Waals surface area contributed by atoms with Crippen molar-refractivity contribution < 1.29 is 9.13 Å². The van der Waals surface area contributed by atoms with Crippen LogP contribution in [0.2, 0.25) is 5.02 Å². The van der Waals surface area contributed by atoms with E-state index in [0.717, 1.165) is 10.2 Å². The molecule has 0 spiro atoms. The maximum Gasteiger partial charge on any atom is 0.232 e. The molecule has 108 valence electrons. The molecule has 3 rings (SSSR count). The summed E-state index contributed by atoms with van der Waals surface area (Å²) in [5.41, 5.74) is 0. The number of hydrogen-bond acceptors (Lipinski definition) is 5. The van der Waals surface area contributed by atoms with E-state index in [1.165, 1.54) is 29.5 Å². The van der Waals surface area contributed by atoms with E-state index in [2.05, 4.69) is 15.3 Å². The highest BCUT2D eigenvalue weighted by Gasteiger charge is 2.11. The summed E-state index contributed by atoms with van der Waals surface area (Å²) >= 11 is 7.26. The van der Waals surface area contributed by atoms with Gasteiger partial charge in [-0.2, -0.15) is 4.98 Å². The van der Waals surface area contributed by atoms with Crippen molar-refractivity contribution in [2.45, 2.75) is 6.92 Å². The first-order chi connectivity index (χ1) is 10.2. The first-order valence-corrected chi connectivity index (χ1v) is 7.55. The number of aromatic nitrogens is 2. The Morgan fingerprint density at radius 2 is 2.19 bits per heavy atom. The minimum atomic E-state index is -0.485. The first-order valence-electron chi connectivity index (χ1n) is 6.29. The highest BCUT2D eigenvalue weighted by molar-refractivity contribution is 7.16. The Balaban J connectivity index is 2.01. The quantitative estimate of drug-likeness (QED) is 0.755. The molecule has 0 unspecified atom stereocenters. The van der Waals surface area contributed by atoms with E-state index >= 15 is 0 Å². The van der Waals surface area contributed by atoms with Crippen LogP contribution < -0.4 is 10.1 Å². The number of nitrogens with zero attached hydrogens (tertiary/aromatic N) is 2. The molecule has 0 bridgehead atoms. The number of rotatable bonds is 4. The van der Waals surface area contributed by atoms with Gasteiger partial charge in [-0.05, 0) is 30.5 Å². The number of nitrogens with one attached hydrogen (secondary N) is 1. The third-order valence-electron chi connectivity index (χ3n) is 2.73. The third-order valence-corrected chi connectivity index (χ3v) is 3.83. The molecule has 1 N–H and O–H groups in total. The molecule has 0 aliphatic heterocycles. The van der Waals surface area contributed by atoms with E-state index in [-0.39, 0.29) is 5.02 Å². The van der Waals surface area contributed by atoms with E-state index in [1.54, 1.807) is 0 Å². The molecule has 0 fully saturated rings. The summed E-state index contributed by atoms with van der Waals surface area (Å²) < 4.78 is 18.9. The second kappa shape index (κ2) is 5.83. The molecule has 1 aromatic carbocycles. The zero-order valence-electron chi connectivity index (χ0n) is 11.1. The van der Waals surface area contributed by atoms with Gasteiger partial charge >= 0.3 is 0 Å². The van der Waals surface area contributed by atoms with Crippen LogP contribution >= 0.6 is 22.9 Å². The van der Waals surface area contributed by atoms with Crippen molar-refractivity contribution in [3.8, 4) is 11.6 Å². The van der Waals surface area contributed by atoms with Crippen molar-refractivity contribution in [3.05, 3.63) is 40.5 Å². The van der Waals surface area contributed by atoms with Gasteiger partial charge in [0.25, 0.3) is 0 Å². The Morgan fingerprint density at radius 1 is 1.33 bits per heavy atom. The largest absolute Gasteiger partial charge is 0.438 e. The second-order valence-electron chi connectivity index (χ2n) is 4.20. The molecule has 3 aromatic rings. The topological polar surface area (TPSA) is 47.0 Å². The average Bonchev–Trinajstić information content (AvgIpc) is 2.92. The summed E-state index contributed by atoms with van der Waals surface area (Å²) in [6.07, 6.45) is 0. The molecule has 0 saturated carbocycles. The van der Waals surface area contributed by atoms with Gasteiger partial charge in [0, 0.05) is 12.6 Å². The van der Waals surface area contributed by atoms with Gasteiger partial charge < -0.3 is 10.1 Å². The molecular weight excluding hydrogens is 313 g/mol. The lowest BCUT2D eigenvalue weighted by Crippen LogP contribution is -2.02. The van der Waals surface area contributed by atoms with Crippen LogP contribution in [0, 0.1) is 5.82 Å². The van der Waals surface area contributed by atoms with Gasteiger partial charge in [-0.3, -0.25) is 0 Å². The summed E-state index contributed by atoms with van der Waals surface area (Å²) in [6, 6.07) is 6.07. The second-order valence-corrected chi connectivity index (χ2v) is 5.50. The summed E-state index contributed by atoms with van der Waals surface area (Å²) in [6.45, 7) is 2.67. The van der Waals surface area contributed by atoms with Crippen LogP contribution in [0.4, 0.5) is 10.3 Å². The molecule has 0 saturated heterocycles. The number of thiophene rings is 1. The van der Waals surface area contributed by atoms with Crippen molar-refractivity contribution >= 4 is 39.1 Å². The Labute approximate surface area is 129 Å². The lowest BCUT2D eigenvalue weighted by atomic mass is 10.3. The minimum absolute atomic E-state index is 0.00928. The van der Waals surface area contributed by atoms with Gasteiger partial charge in [0.2, 0.25) is 11.8 Å². The molecule has 21 heavy (non-hydrogen) atoms. The molecule has 0 radical (unpaired) electrons. The zero-order valence-corrected chi connectivity index (χ0v) is 12.6. The van der Waals surface area contributed by atoms with Crippen LogP contribution in [0.1, 0.15) is 6.92 Å². The van der Waals surface area contributed by atoms with E-state index < -0.39 is 5.82 Å². The molecule has 0 amide bonds. The molecule has 0 aliphatic carbocycles. The van der Waals surface area contributed by atoms with E-state index in [0.29, 0.717) is 24.1 Å². The SMILES string of the molecule is CCNc1nc(Oc2ccc(F)c(Cl)c2)c2ccsc2n1. The number of hydrogen-bond donors (Lipinski definition) is 1. The van der Waals surface area contributed by atoms with Crippen LogP contribution in [-0.4, -0.2) is 16.5 Å². The summed E-state index contributed by atoms with van der Waals surface area (Å²) in [5, 5.41) is 5.79. The van der Waals surface area contributed by atoms with E-state index in [1.807, 2.05) is 18.4 Å². The van der Waals surface area contributed by atoms with Crippen molar-refractivity contribution in [2.24, 2.45) is 0 Å². The van der Waals surface area contributed by atoms with Gasteiger partial charge in [0.1, 0.15) is 16.4 Å². The van der Waals surface area contributed by atoms with E-state index in [9.17, 15) is 4.39 Å². The fourth-order valence-corrected chi connectivity index (χ4v) is 2.72. The lowest BCUT2D eigenvalue weighted by Gasteiger charge is -2.08. The van der Waals surface area contributed by atoms with Crippen molar-refractivity contribution in [1.29, 1.82) is 0 Å². The predicted molar refractivity (Wildman–Crippen MR) is 83.1 cm³/mol. The standard InChI is InChI=1S/C14H11ClFN3OS/c1-2-17-14-18-12(9-5-6-21-13(9)19-14)20-8-3-4-11(16)10(15)7-8/h3-7H,2H2,1H3,(H,17,18,19).